The van der Waals surface area contributed by atoms with Crippen LogP contribution in [0.15, 0.2) is 0 Å². The molecule has 1 aromatic rings. The van der Waals surface area contributed by atoms with E-state index < -0.39 is 0 Å². The number of nitrogens with one attached hydrogen (secondary N) is 1. The van der Waals surface area contributed by atoms with Gasteiger partial charge in [0.15, 0.2) is 5.13 Å². The number of carbonyl (C=O) groups is 1. The van der Waals surface area contributed by atoms with Crippen molar-refractivity contribution in [3.63, 3.8) is 0 Å². The second-order valence-corrected chi connectivity index (χ2v) is 5.16. The molecule has 8 heteroatoms. The SMILES string of the molecule is Nc1nc(N2CCC(N)C2)sc1C(=O)NCCO. The number of rotatable bonds is 4. The van der Waals surface area contributed by atoms with Crippen LogP contribution in [-0.2, 0) is 0 Å². The number of thiazole rings is 1. The van der Waals surface area contributed by atoms with Gasteiger partial charge in [0.1, 0.15) is 10.7 Å². The molecule has 0 saturated carbocycles. The largest absolute Gasteiger partial charge is 0.395 e. The summed E-state index contributed by atoms with van der Waals surface area (Å²) in [6.07, 6.45) is 0.922. The molecule has 6 N–H and O–H groups in total. The van der Waals surface area contributed by atoms with Crippen molar-refractivity contribution < 1.29 is 9.90 Å². The van der Waals surface area contributed by atoms with Gasteiger partial charge in [-0.25, -0.2) is 4.98 Å². The first-order chi connectivity index (χ1) is 8.61. The first kappa shape index (κ1) is 13.1. The lowest BCUT2D eigenvalue weighted by molar-refractivity contribution is 0.0949. The molecule has 2 heterocycles. The van der Waals surface area contributed by atoms with Gasteiger partial charge in [0.25, 0.3) is 5.91 Å². The summed E-state index contributed by atoms with van der Waals surface area (Å²) in [5, 5.41) is 11.9. The number of hydrogen-bond donors (Lipinski definition) is 4. The number of aliphatic hydroxyl groups excluding tert-OH is 1. The summed E-state index contributed by atoms with van der Waals surface area (Å²) in [5.41, 5.74) is 11.6. The Labute approximate surface area is 109 Å². The molecule has 0 aliphatic carbocycles. The van der Waals surface area contributed by atoms with E-state index in [4.69, 9.17) is 16.6 Å². The normalized spacial score (nSPS) is 19.2. The summed E-state index contributed by atoms with van der Waals surface area (Å²) in [5.74, 6) is -0.0697. The van der Waals surface area contributed by atoms with Crippen LogP contribution in [0.25, 0.3) is 0 Å². The maximum Gasteiger partial charge on any atom is 0.265 e. The molecule has 1 aliphatic heterocycles. The van der Waals surface area contributed by atoms with E-state index in [-0.39, 0.29) is 30.9 Å². The number of carbonyl (C=O) groups excluding carboxylic acids is 1. The Hall–Kier alpha value is -1.38. The molecule has 7 nitrogen and oxygen atoms in total. The third-order valence-corrected chi connectivity index (χ3v) is 3.87. The van der Waals surface area contributed by atoms with E-state index in [0.29, 0.717) is 4.88 Å². The molecule has 1 unspecified atom stereocenters. The lowest BCUT2D eigenvalue weighted by atomic mass is 10.3. The number of aliphatic hydroxyl groups is 1. The number of aromatic nitrogens is 1. The van der Waals surface area contributed by atoms with Gasteiger partial charge >= 0.3 is 0 Å². The summed E-state index contributed by atoms with van der Waals surface area (Å²) >= 11 is 1.26. The van der Waals surface area contributed by atoms with E-state index in [0.717, 1.165) is 24.6 Å². The van der Waals surface area contributed by atoms with Crippen molar-refractivity contribution in [3.05, 3.63) is 4.88 Å². The predicted molar refractivity (Wildman–Crippen MR) is 70.8 cm³/mol. The summed E-state index contributed by atoms with van der Waals surface area (Å²) in [6, 6.07) is 0.154. The molecular weight excluding hydrogens is 254 g/mol. The highest BCUT2D eigenvalue weighted by molar-refractivity contribution is 7.18. The van der Waals surface area contributed by atoms with Gasteiger partial charge in [0, 0.05) is 25.7 Å². The van der Waals surface area contributed by atoms with Crippen LogP contribution in [-0.4, -0.2) is 48.3 Å². The summed E-state index contributed by atoms with van der Waals surface area (Å²) < 4.78 is 0. The summed E-state index contributed by atoms with van der Waals surface area (Å²) in [4.78, 5) is 18.4. The average molecular weight is 271 g/mol. The summed E-state index contributed by atoms with van der Waals surface area (Å²) in [6.45, 7) is 1.69. The molecule has 0 bridgehead atoms. The third kappa shape index (κ3) is 2.71. The lowest BCUT2D eigenvalue weighted by Gasteiger charge is -2.12. The maximum atomic E-state index is 11.7. The van der Waals surface area contributed by atoms with Crippen molar-refractivity contribution >= 4 is 28.2 Å². The zero-order valence-electron chi connectivity index (χ0n) is 9.93. The molecule has 1 amide bonds. The highest BCUT2D eigenvalue weighted by atomic mass is 32.1. The quantitative estimate of drug-likeness (QED) is 0.557. The molecule has 1 saturated heterocycles. The Morgan fingerprint density at radius 3 is 3.06 bits per heavy atom. The van der Waals surface area contributed by atoms with Crippen LogP contribution in [0.4, 0.5) is 10.9 Å². The van der Waals surface area contributed by atoms with Gasteiger partial charge in [-0.3, -0.25) is 4.79 Å². The number of amides is 1. The Bertz CT molecular complexity index is 436. The first-order valence-corrected chi connectivity index (χ1v) is 6.59. The van der Waals surface area contributed by atoms with Gasteiger partial charge in [0.2, 0.25) is 0 Å². The van der Waals surface area contributed by atoms with E-state index >= 15 is 0 Å². The standard InChI is InChI=1S/C10H17N5O2S/c11-6-1-3-15(5-6)10-14-8(12)7(18-10)9(17)13-2-4-16/h6,16H,1-5,11-12H2,(H,13,17). The van der Waals surface area contributed by atoms with Gasteiger partial charge in [-0.1, -0.05) is 11.3 Å². The number of anilines is 2. The molecule has 0 spiro atoms. The van der Waals surface area contributed by atoms with Crippen LogP contribution in [0.2, 0.25) is 0 Å². The van der Waals surface area contributed by atoms with E-state index in [1.54, 1.807) is 0 Å². The Morgan fingerprint density at radius 2 is 2.44 bits per heavy atom. The first-order valence-electron chi connectivity index (χ1n) is 5.77. The molecule has 1 aliphatic rings. The second kappa shape index (κ2) is 5.51. The number of hydrogen-bond acceptors (Lipinski definition) is 7. The minimum absolute atomic E-state index is 0.0989. The predicted octanol–water partition coefficient (Wildman–Crippen LogP) is -1.02. The topological polar surface area (TPSA) is 118 Å². The fourth-order valence-corrected chi connectivity index (χ4v) is 2.77. The fraction of sp³-hybridized carbons (Fsp3) is 0.600. The monoisotopic (exact) mass is 271 g/mol. The van der Waals surface area contributed by atoms with E-state index in [2.05, 4.69) is 10.3 Å². The van der Waals surface area contributed by atoms with Crippen molar-refractivity contribution in [2.45, 2.75) is 12.5 Å². The molecule has 0 aromatic carbocycles. The van der Waals surface area contributed by atoms with Crippen LogP contribution >= 0.6 is 11.3 Å². The van der Waals surface area contributed by atoms with Crippen molar-refractivity contribution in [2.24, 2.45) is 5.73 Å². The van der Waals surface area contributed by atoms with Crippen LogP contribution < -0.4 is 21.7 Å². The average Bonchev–Trinajstić information content (AvgIpc) is 2.92. The number of nitrogens with two attached hydrogens (primary N) is 2. The Morgan fingerprint density at radius 1 is 1.67 bits per heavy atom. The molecule has 1 aromatic heterocycles. The molecule has 100 valence electrons. The minimum atomic E-state index is -0.297. The summed E-state index contributed by atoms with van der Waals surface area (Å²) in [7, 11) is 0. The minimum Gasteiger partial charge on any atom is -0.395 e. The highest BCUT2D eigenvalue weighted by Crippen LogP contribution is 2.29. The lowest BCUT2D eigenvalue weighted by Crippen LogP contribution is -2.26. The van der Waals surface area contributed by atoms with Gasteiger partial charge in [-0.05, 0) is 6.42 Å². The van der Waals surface area contributed by atoms with Gasteiger partial charge < -0.3 is 26.8 Å². The van der Waals surface area contributed by atoms with Gasteiger partial charge in [-0.15, -0.1) is 0 Å². The molecule has 2 rings (SSSR count). The van der Waals surface area contributed by atoms with Gasteiger partial charge in [-0.2, -0.15) is 0 Å². The van der Waals surface area contributed by atoms with E-state index in [9.17, 15) is 4.79 Å². The van der Waals surface area contributed by atoms with Crippen molar-refractivity contribution in [1.82, 2.24) is 10.3 Å². The zero-order valence-corrected chi connectivity index (χ0v) is 10.7. The molecule has 0 radical (unpaired) electrons. The zero-order chi connectivity index (χ0) is 13.1. The molecule has 1 atom stereocenters. The second-order valence-electron chi connectivity index (χ2n) is 4.19. The van der Waals surface area contributed by atoms with Crippen LogP contribution in [0.3, 0.4) is 0 Å². The number of nitrogen functional groups attached to an aromatic ring is 1. The Balaban J connectivity index is 2.09. The van der Waals surface area contributed by atoms with Crippen molar-refractivity contribution in [2.75, 3.05) is 36.9 Å². The molecular formula is C10H17N5O2S. The number of nitrogens with zero attached hydrogens (tertiary/aromatic N) is 2. The van der Waals surface area contributed by atoms with E-state index in [1.165, 1.54) is 11.3 Å². The molecule has 18 heavy (non-hydrogen) atoms. The molecule has 1 fully saturated rings. The Kier molecular flexibility index (Phi) is 4.00. The smallest absolute Gasteiger partial charge is 0.265 e. The van der Waals surface area contributed by atoms with Crippen LogP contribution in [0.5, 0.6) is 0 Å². The highest BCUT2D eigenvalue weighted by Gasteiger charge is 2.24. The van der Waals surface area contributed by atoms with Crippen molar-refractivity contribution in [3.8, 4) is 0 Å². The van der Waals surface area contributed by atoms with Gasteiger partial charge in [0.05, 0.1) is 6.61 Å². The van der Waals surface area contributed by atoms with E-state index in [1.807, 2.05) is 4.90 Å². The maximum absolute atomic E-state index is 11.7. The van der Waals surface area contributed by atoms with Crippen molar-refractivity contribution in [1.29, 1.82) is 0 Å². The van der Waals surface area contributed by atoms with Crippen LogP contribution in [0.1, 0.15) is 16.1 Å². The third-order valence-electron chi connectivity index (χ3n) is 2.74. The fourth-order valence-electron chi connectivity index (χ4n) is 1.83. The van der Waals surface area contributed by atoms with Crippen LogP contribution in [0, 0.1) is 0 Å².